The van der Waals surface area contributed by atoms with E-state index in [1.165, 1.54) is 16.9 Å². The van der Waals surface area contributed by atoms with Gasteiger partial charge in [-0.3, -0.25) is 9.67 Å². The SMILES string of the molecule is Cn1nccc1S(=O)(=O)NC1CCC(Oc2cc(N)cc3nccnc23)CC1. The third-order valence-corrected chi connectivity index (χ3v) is 6.50. The van der Waals surface area contributed by atoms with E-state index in [9.17, 15) is 8.42 Å². The van der Waals surface area contributed by atoms with Crippen molar-refractivity contribution in [2.45, 2.75) is 42.9 Å². The number of ether oxygens (including phenoxy) is 1. The molecule has 3 aromatic rings. The molecule has 0 spiro atoms. The number of anilines is 1. The van der Waals surface area contributed by atoms with Gasteiger partial charge in [-0.25, -0.2) is 18.1 Å². The monoisotopic (exact) mass is 402 g/mol. The first-order chi connectivity index (χ1) is 13.4. The van der Waals surface area contributed by atoms with Gasteiger partial charge in [-0.15, -0.1) is 0 Å². The second-order valence-electron chi connectivity index (χ2n) is 6.95. The summed E-state index contributed by atoms with van der Waals surface area (Å²) in [6.07, 6.45) is 7.52. The molecule has 148 valence electrons. The number of rotatable bonds is 5. The molecular weight excluding hydrogens is 380 g/mol. The van der Waals surface area contributed by atoms with E-state index in [2.05, 4.69) is 19.8 Å². The normalized spacial score (nSPS) is 20.3. The summed E-state index contributed by atoms with van der Waals surface area (Å²) < 4.78 is 35.3. The van der Waals surface area contributed by atoms with Crippen LogP contribution in [0.25, 0.3) is 11.0 Å². The van der Waals surface area contributed by atoms with Gasteiger partial charge in [0.2, 0.25) is 0 Å². The number of fused-ring (bicyclic) bond motifs is 1. The number of nitrogens with zero attached hydrogens (tertiary/aromatic N) is 4. The minimum atomic E-state index is -3.58. The van der Waals surface area contributed by atoms with Crippen LogP contribution in [0.1, 0.15) is 25.7 Å². The van der Waals surface area contributed by atoms with Crippen molar-refractivity contribution < 1.29 is 13.2 Å². The molecule has 0 atom stereocenters. The van der Waals surface area contributed by atoms with Gasteiger partial charge in [0.25, 0.3) is 10.0 Å². The maximum absolute atomic E-state index is 12.5. The van der Waals surface area contributed by atoms with E-state index >= 15 is 0 Å². The van der Waals surface area contributed by atoms with Gasteiger partial charge in [-0.1, -0.05) is 0 Å². The first-order valence-electron chi connectivity index (χ1n) is 9.09. The molecule has 10 heteroatoms. The third kappa shape index (κ3) is 3.78. The van der Waals surface area contributed by atoms with E-state index < -0.39 is 10.0 Å². The molecule has 28 heavy (non-hydrogen) atoms. The van der Waals surface area contributed by atoms with Crippen molar-refractivity contribution in [3.63, 3.8) is 0 Å². The number of hydrogen-bond acceptors (Lipinski definition) is 7. The van der Waals surface area contributed by atoms with E-state index in [1.807, 2.05) is 0 Å². The molecule has 0 radical (unpaired) electrons. The Morgan fingerprint density at radius 1 is 1.14 bits per heavy atom. The molecule has 0 aliphatic heterocycles. The second-order valence-corrected chi connectivity index (χ2v) is 8.61. The summed E-state index contributed by atoms with van der Waals surface area (Å²) in [5, 5.41) is 4.09. The van der Waals surface area contributed by atoms with Crippen LogP contribution in [0, 0.1) is 0 Å². The van der Waals surface area contributed by atoms with Crippen LogP contribution in [0.3, 0.4) is 0 Å². The molecule has 0 saturated heterocycles. The maximum Gasteiger partial charge on any atom is 0.257 e. The van der Waals surface area contributed by atoms with Crippen LogP contribution >= 0.6 is 0 Å². The van der Waals surface area contributed by atoms with Crippen LogP contribution < -0.4 is 15.2 Å². The molecule has 3 N–H and O–H groups in total. The quantitative estimate of drug-likeness (QED) is 0.621. The number of sulfonamides is 1. The lowest BCUT2D eigenvalue weighted by molar-refractivity contribution is 0.146. The number of nitrogens with two attached hydrogens (primary N) is 1. The smallest absolute Gasteiger partial charge is 0.257 e. The first-order valence-corrected chi connectivity index (χ1v) is 10.6. The van der Waals surface area contributed by atoms with Gasteiger partial charge in [0.15, 0.2) is 5.03 Å². The van der Waals surface area contributed by atoms with Gasteiger partial charge in [0.05, 0.1) is 17.8 Å². The van der Waals surface area contributed by atoms with Gasteiger partial charge in [-0.05, 0) is 37.8 Å². The Balaban J connectivity index is 1.41. The molecule has 0 amide bonds. The lowest BCUT2D eigenvalue weighted by Crippen LogP contribution is -2.40. The van der Waals surface area contributed by atoms with Crippen LogP contribution in [0.15, 0.2) is 41.8 Å². The molecule has 4 rings (SSSR count). The fourth-order valence-corrected chi connectivity index (χ4v) is 4.97. The zero-order valence-electron chi connectivity index (χ0n) is 15.4. The number of nitrogens with one attached hydrogen (secondary N) is 1. The summed E-state index contributed by atoms with van der Waals surface area (Å²) >= 11 is 0. The number of aromatic nitrogens is 4. The molecular formula is C18H22N6O3S. The number of benzene rings is 1. The summed E-state index contributed by atoms with van der Waals surface area (Å²) in [5.74, 6) is 0.613. The Morgan fingerprint density at radius 3 is 2.61 bits per heavy atom. The largest absolute Gasteiger partial charge is 0.488 e. The van der Waals surface area contributed by atoms with Gasteiger partial charge >= 0.3 is 0 Å². The van der Waals surface area contributed by atoms with E-state index in [-0.39, 0.29) is 17.2 Å². The summed E-state index contributed by atoms with van der Waals surface area (Å²) in [6.45, 7) is 0. The van der Waals surface area contributed by atoms with Gasteiger partial charge in [0.1, 0.15) is 11.3 Å². The molecule has 1 fully saturated rings. The highest BCUT2D eigenvalue weighted by Gasteiger charge is 2.28. The van der Waals surface area contributed by atoms with Gasteiger partial charge < -0.3 is 10.5 Å². The van der Waals surface area contributed by atoms with Crippen LogP contribution in [0.2, 0.25) is 0 Å². The minimum absolute atomic E-state index is 0.0236. The Bertz CT molecular complexity index is 1090. The summed E-state index contributed by atoms with van der Waals surface area (Å²) in [4.78, 5) is 8.62. The van der Waals surface area contributed by atoms with Crippen LogP contribution in [0.4, 0.5) is 5.69 Å². The predicted octanol–water partition coefficient (Wildman–Crippen LogP) is 1.61. The molecule has 2 aromatic heterocycles. The fourth-order valence-electron chi connectivity index (χ4n) is 3.54. The highest BCUT2D eigenvalue weighted by Crippen LogP contribution is 2.30. The fraction of sp³-hybridized carbons (Fsp3) is 0.389. The molecule has 1 aromatic carbocycles. The van der Waals surface area contributed by atoms with E-state index in [0.29, 0.717) is 35.3 Å². The number of hydrogen-bond donors (Lipinski definition) is 2. The first kappa shape index (κ1) is 18.6. The summed E-state index contributed by atoms with van der Waals surface area (Å²) in [6, 6.07) is 4.88. The highest BCUT2D eigenvalue weighted by atomic mass is 32.2. The maximum atomic E-state index is 12.5. The number of nitrogen functional groups attached to an aromatic ring is 1. The number of aryl methyl sites for hydroxylation is 1. The highest BCUT2D eigenvalue weighted by molar-refractivity contribution is 7.89. The van der Waals surface area contributed by atoms with Crippen molar-refractivity contribution in [2.75, 3.05) is 5.73 Å². The van der Waals surface area contributed by atoms with Gasteiger partial charge in [0, 0.05) is 37.2 Å². The minimum Gasteiger partial charge on any atom is -0.488 e. The molecule has 1 aliphatic rings. The average Bonchev–Trinajstić information content (AvgIpc) is 3.10. The van der Waals surface area contributed by atoms with Crippen molar-refractivity contribution in [1.29, 1.82) is 0 Å². The Labute approximate surface area is 163 Å². The molecule has 2 heterocycles. The third-order valence-electron chi connectivity index (χ3n) is 4.90. The van der Waals surface area contributed by atoms with Crippen molar-refractivity contribution in [2.24, 2.45) is 7.05 Å². The van der Waals surface area contributed by atoms with E-state index in [1.54, 1.807) is 31.6 Å². The van der Waals surface area contributed by atoms with Crippen molar-refractivity contribution in [3.05, 3.63) is 36.8 Å². The van der Waals surface area contributed by atoms with Crippen molar-refractivity contribution >= 4 is 26.7 Å². The summed E-state index contributed by atoms with van der Waals surface area (Å²) in [7, 11) is -1.97. The average molecular weight is 402 g/mol. The standard InChI is InChI=1S/C18H22N6O3S/c1-24-17(6-7-22-24)28(25,26)23-13-2-4-14(5-3-13)27-16-11-12(19)10-15-18(16)21-9-8-20-15/h6-11,13-14,23H,2-5,19H2,1H3. The Hall–Kier alpha value is -2.72. The van der Waals surface area contributed by atoms with Gasteiger partial charge in [-0.2, -0.15) is 5.10 Å². The summed E-state index contributed by atoms with van der Waals surface area (Å²) in [5.41, 5.74) is 7.88. The molecule has 0 bridgehead atoms. The van der Waals surface area contributed by atoms with Crippen LogP contribution in [-0.2, 0) is 17.1 Å². The predicted molar refractivity (Wildman–Crippen MR) is 104 cm³/mol. The molecule has 1 saturated carbocycles. The topological polar surface area (TPSA) is 125 Å². The lowest BCUT2D eigenvalue weighted by Gasteiger charge is -2.29. The lowest BCUT2D eigenvalue weighted by atomic mass is 9.93. The Kier molecular flexibility index (Phi) is 4.90. The zero-order chi connectivity index (χ0) is 19.7. The molecule has 9 nitrogen and oxygen atoms in total. The zero-order valence-corrected chi connectivity index (χ0v) is 16.3. The van der Waals surface area contributed by atoms with Crippen LogP contribution in [-0.4, -0.2) is 40.3 Å². The second kappa shape index (κ2) is 7.36. The van der Waals surface area contributed by atoms with E-state index in [0.717, 1.165) is 12.8 Å². The molecule has 1 aliphatic carbocycles. The van der Waals surface area contributed by atoms with Crippen molar-refractivity contribution in [3.8, 4) is 5.75 Å². The molecule has 0 unspecified atom stereocenters. The Morgan fingerprint density at radius 2 is 1.89 bits per heavy atom. The van der Waals surface area contributed by atoms with Crippen molar-refractivity contribution in [1.82, 2.24) is 24.5 Å². The van der Waals surface area contributed by atoms with E-state index in [4.69, 9.17) is 10.5 Å². The van der Waals surface area contributed by atoms with Crippen LogP contribution in [0.5, 0.6) is 5.75 Å².